The smallest absolute Gasteiger partial charge is 0.125 e. The maximum atomic E-state index is 5.64. The first-order valence-corrected chi connectivity index (χ1v) is 4.83. The highest BCUT2D eigenvalue weighted by atomic mass is 16.5. The molecule has 0 aromatic carbocycles. The zero-order valence-electron chi connectivity index (χ0n) is 8.31. The van der Waals surface area contributed by atoms with Crippen molar-refractivity contribution in [1.82, 2.24) is 4.98 Å². The molecule has 1 fully saturated rings. The Bertz CT molecular complexity index is 316. The third kappa shape index (κ3) is 1.80. The van der Waals surface area contributed by atoms with Crippen LogP contribution in [-0.4, -0.2) is 30.8 Å². The van der Waals surface area contributed by atoms with E-state index in [1.54, 1.807) is 6.20 Å². The summed E-state index contributed by atoms with van der Waals surface area (Å²) in [7, 11) is 0. The molecule has 14 heavy (non-hydrogen) atoms. The van der Waals surface area contributed by atoms with Crippen molar-refractivity contribution in [2.75, 3.05) is 30.4 Å². The van der Waals surface area contributed by atoms with E-state index >= 15 is 0 Å². The van der Waals surface area contributed by atoms with E-state index in [0.29, 0.717) is 11.9 Å². The molecule has 1 aromatic heterocycles. The van der Waals surface area contributed by atoms with Gasteiger partial charge in [-0.05, 0) is 13.0 Å². The number of anilines is 2. The standard InChI is InChI=1S/C10H15N3O/c1-8-7-14-5-4-13(8)9-2-3-12-10(11)6-9/h2-3,6,8H,4-5,7H2,1H3,(H2,11,12). The Morgan fingerprint density at radius 2 is 2.50 bits per heavy atom. The van der Waals surface area contributed by atoms with Crippen LogP contribution in [0, 0.1) is 0 Å². The van der Waals surface area contributed by atoms with Crippen molar-refractivity contribution in [2.45, 2.75) is 13.0 Å². The van der Waals surface area contributed by atoms with Crippen LogP contribution in [0.25, 0.3) is 0 Å². The SMILES string of the molecule is CC1COCCN1c1ccnc(N)c1. The van der Waals surface area contributed by atoms with Gasteiger partial charge in [0.2, 0.25) is 0 Å². The lowest BCUT2D eigenvalue weighted by Crippen LogP contribution is -2.43. The number of nitrogens with zero attached hydrogens (tertiary/aromatic N) is 2. The maximum absolute atomic E-state index is 5.64. The summed E-state index contributed by atoms with van der Waals surface area (Å²) in [5, 5.41) is 0. The van der Waals surface area contributed by atoms with Gasteiger partial charge < -0.3 is 15.4 Å². The largest absolute Gasteiger partial charge is 0.384 e. The molecule has 0 saturated carbocycles. The van der Waals surface area contributed by atoms with Crippen LogP contribution < -0.4 is 10.6 Å². The minimum absolute atomic E-state index is 0.408. The number of morpholine rings is 1. The lowest BCUT2D eigenvalue weighted by molar-refractivity contribution is 0.0989. The van der Waals surface area contributed by atoms with Crippen LogP contribution in [0.4, 0.5) is 11.5 Å². The summed E-state index contributed by atoms with van der Waals surface area (Å²) in [6.07, 6.45) is 1.74. The van der Waals surface area contributed by atoms with Gasteiger partial charge in [-0.2, -0.15) is 0 Å². The molecule has 0 radical (unpaired) electrons. The molecule has 0 bridgehead atoms. The van der Waals surface area contributed by atoms with Gasteiger partial charge in [0.15, 0.2) is 0 Å². The monoisotopic (exact) mass is 193 g/mol. The van der Waals surface area contributed by atoms with Gasteiger partial charge in [-0.3, -0.25) is 0 Å². The Balaban J connectivity index is 2.20. The van der Waals surface area contributed by atoms with Crippen LogP contribution in [0.3, 0.4) is 0 Å². The third-order valence-electron chi connectivity index (χ3n) is 2.46. The van der Waals surface area contributed by atoms with E-state index in [4.69, 9.17) is 10.5 Å². The predicted molar refractivity (Wildman–Crippen MR) is 56.3 cm³/mol. The van der Waals surface area contributed by atoms with E-state index < -0.39 is 0 Å². The zero-order valence-corrected chi connectivity index (χ0v) is 8.31. The van der Waals surface area contributed by atoms with E-state index in [9.17, 15) is 0 Å². The van der Waals surface area contributed by atoms with Crippen LogP contribution in [0.1, 0.15) is 6.92 Å². The molecule has 4 heteroatoms. The summed E-state index contributed by atoms with van der Waals surface area (Å²) in [5.74, 6) is 0.571. The molecule has 0 spiro atoms. The molecule has 1 aliphatic heterocycles. The molecule has 1 atom stereocenters. The highest BCUT2D eigenvalue weighted by Gasteiger charge is 2.18. The second-order valence-corrected chi connectivity index (χ2v) is 3.56. The van der Waals surface area contributed by atoms with Crippen LogP contribution in [0.5, 0.6) is 0 Å². The number of nitrogen functional groups attached to an aromatic ring is 1. The molecular formula is C10H15N3O. The first-order valence-electron chi connectivity index (χ1n) is 4.83. The lowest BCUT2D eigenvalue weighted by Gasteiger charge is -2.35. The third-order valence-corrected chi connectivity index (χ3v) is 2.46. The molecule has 2 N–H and O–H groups in total. The minimum atomic E-state index is 0.408. The summed E-state index contributed by atoms with van der Waals surface area (Å²) < 4.78 is 5.38. The number of hydrogen-bond acceptors (Lipinski definition) is 4. The van der Waals surface area contributed by atoms with E-state index in [-0.39, 0.29) is 0 Å². The molecule has 2 rings (SSSR count). The van der Waals surface area contributed by atoms with Gasteiger partial charge in [-0.1, -0.05) is 0 Å². The molecule has 1 unspecified atom stereocenters. The first-order chi connectivity index (χ1) is 6.77. The van der Waals surface area contributed by atoms with Gasteiger partial charge >= 0.3 is 0 Å². The first kappa shape index (κ1) is 9.27. The zero-order chi connectivity index (χ0) is 9.97. The van der Waals surface area contributed by atoms with E-state index in [2.05, 4.69) is 16.8 Å². The number of pyridine rings is 1. The Morgan fingerprint density at radius 3 is 3.21 bits per heavy atom. The second kappa shape index (κ2) is 3.84. The van der Waals surface area contributed by atoms with Gasteiger partial charge in [0.25, 0.3) is 0 Å². The molecule has 0 aliphatic carbocycles. The predicted octanol–water partition coefficient (Wildman–Crippen LogP) is 0.889. The van der Waals surface area contributed by atoms with Crippen molar-refractivity contribution in [1.29, 1.82) is 0 Å². The summed E-state index contributed by atoms with van der Waals surface area (Å²) in [4.78, 5) is 6.27. The van der Waals surface area contributed by atoms with Crippen LogP contribution >= 0.6 is 0 Å². The van der Waals surface area contributed by atoms with Crippen molar-refractivity contribution < 1.29 is 4.74 Å². The van der Waals surface area contributed by atoms with Gasteiger partial charge in [0.05, 0.1) is 13.2 Å². The summed E-state index contributed by atoms with van der Waals surface area (Å²) in [6, 6.07) is 4.30. The number of aromatic nitrogens is 1. The van der Waals surface area contributed by atoms with E-state index in [1.165, 1.54) is 0 Å². The molecule has 2 heterocycles. The average Bonchev–Trinajstić information content (AvgIpc) is 2.18. The Hall–Kier alpha value is -1.29. The number of hydrogen-bond donors (Lipinski definition) is 1. The fourth-order valence-electron chi connectivity index (χ4n) is 1.73. The molecule has 4 nitrogen and oxygen atoms in total. The number of rotatable bonds is 1. The van der Waals surface area contributed by atoms with Crippen LogP contribution in [-0.2, 0) is 4.74 Å². The van der Waals surface area contributed by atoms with E-state index in [1.807, 2.05) is 12.1 Å². The maximum Gasteiger partial charge on any atom is 0.125 e. The molecule has 1 saturated heterocycles. The Morgan fingerprint density at radius 1 is 1.64 bits per heavy atom. The number of nitrogens with two attached hydrogens (primary N) is 1. The highest BCUT2D eigenvalue weighted by molar-refractivity contribution is 5.52. The van der Waals surface area contributed by atoms with Crippen molar-refractivity contribution in [3.63, 3.8) is 0 Å². The molecule has 1 aliphatic rings. The number of ether oxygens (including phenoxy) is 1. The van der Waals surface area contributed by atoms with Gasteiger partial charge in [0.1, 0.15) is 5.82 Å². The summed E-state index contributed by atoms with van der Waals surface area (Å²) in [5.41, 5.74) is 6.77. The Kier molecular flexibility index (Phi) is 2.54. The second-order valence-electron chi connectivity index (χ2n) is 3.56. The van der Waals surface area contributed by atoms with Gasteiger partial charge in [0, 0.05) is 30.5 Å². The van der Waals surface area contributed by atoms with E-state index in [0.717, 1.165) is 25.4 Å². The summed E-state index contributed by atoms with van der Waals surface area (Å²) >= 11 is 0. The fraction of sp³-hybridized carbons (Fsp3) is 0.500. The molecule has 76 valence electrons. The minimum Gasteiger partial charge on any atom is -0.384 e. The Labute approximate surface area is 83.7 Å². The van der Waals surface area contributed by atoms with Crippen LogP contribution in [0.15, 0.2) is 18.3 Å². The lowest BCUT2D eigenvalue weighted by atomic mass is 10.2. The molecule has 0 amide bonds. The topological polar surface area (TPSA) is 51.4 Å². The van der Waals surface area contributed by atoms with Crippen LogP contribution in [0.2, 0.25) is 0 Å². The fourth-order valence-corrected chi connectivity index (χ4v) is 1.73. The average molecular weight is 193 g/mol. The van der Waals surface area contributed by atoms with Crippen molar-refractivity contribution in [3.8, 4) is 0 Å². The van der Waals surface area contributed by atoms with Gasteiger partial charge in [-0.15, -0.1) is 0 Å². The van der Waals surface area contributed by atoms with Crippen molar-refractivity contribution in [2.24, 2.45) is 0 Å². The highest BCUT2D eigenvalue weighted by Crippen LogP contribution is 2.20. The quantitative estimate of drug-likeness (QED) is 0.719. The van der Waals surface area contributed by atoms with Crippen molar-refractivity contribution in [3.05, 3.63) is 18.3 Å². The summed E-state index contributed by atoms with van der Waals surface area (Å²) in [6.45, 7) is 4.63. The molecule has 1 aromatic rings. The molecular weight excluding hydrogens is 178 g/mol. The normalized spacial score (nSPS) is 22.4. The van der Waals surface area contributed by atoms with Gasteiger partial charge in [-0.25, -0.2) is 4.98 Å². The van der Waals surface area contributed by atoms with Crippen molar-refractivity contribution >= 4 is 11.5 Å².